The summed E-state index contributed by atoms with van der Waals surface area (Å²) in [5, 5.41) is 1.71. The number of fused-ring (bicyclic) bond motifs is 1. The second-order valence-electron chi connectivity index (χ2n) is 10.1. The average Bonchev–Trinajstić information content (AvgIpc) is 2.69. The van der Waals surface area contributed by atoms with Crippen molar-refractivity contribution in [2.24, 2.45) is 5.41 Å². The molecule has 3 aromatic rings. The van der Waals surface area contributed by atoms with Crippen LogP contribution in [0.5, 0.6) is 0 Å². The molecule has 0 bridgehead atoms. The molecule has 0 amide bonds. The molecule has 170 valence electrons. The smallest absolute Gasteiger partial charge is 0.311 e. The molecule has 0 radical (unpaired) electrons. The number of rotatable bonds is 5. The van der Waals surface area contributed by atoms with Crippen molar-refractivity contribution in [3.8, 4) is 11.1 Å². The molecule has 2 aromatic carbocycles. The van der Waals surface area contributed by atoms with Crippen molar-refractivity contribution in [3.05, 3.63) is 64.8 Å². The number of aryl methyl sites for hydroxylation is 1. The van der Waals surface area contributed by atoms with Gasteiger partial charge in [-0.2, -0.15) is 0 Å². The maximum absolute atomic E-state index is 12.6. The zero-order valence-corrected chi connectivity index (χ0v) is 20.7. The van der Waals surface area contributed by atoms with E-state index >= 15 is 0 Å². The predicted octanol–water partition coefficient (Wildman–Crippen LogP) is 7.31. The fraction of sp³-hybridized carbons (Fsp3) is 0.407. The van der Waals surface area contributed by atoms with E-state index < -0.39 is 17.1 Å². The third-order valence-electron chi connectivity index (χ3n) is 5.07. The van der Waals surface area contributed by atoms with Crippen molar-refractivity contribution in [1.29, 1.82) is 0 Å². The Morgan fingerprint density at radius 2 is 1.72 bits per heavy atom. The van der Waals surface area contributed by atoms with Crippen LogP contribution >= 0.6 is 11.6 Å². The van der Waals surface area contributed by atoms with E-state index in [1.807, 2.05) is 71.9 Å². The van der Waals surface area contributed by atoms with Gasteiger partial charge in [0.15, 0.2) is 0 Å². The van der Waals surface area contributed by atoms with Crippen LogP contribution in [0.15, 0.2) is 48.7 Å². The lowest BCUT2D eigenvalue weighted by Crippen LogP contribution is -2.30. The first-order valence-corrected chi connectivity index (χ1v) is 11.2. The summed E-state index contributed by atoms with van der Waals surface area (Å²) in [6.07, 6.45) is 1.33. The Morgan fingerprint density at radius 3 is 2.31 bits per heavy atom. The maximum Gasteiger partial charge on any atom is 0.311 e. The minimum Gasteiger partial charge on any atom is -0.462 e. The molecule has 0 fully saturated rings. The molecule has 1 heterocycles. The van der Waals surface area contributed by atoms with E-state index in [1.54, 1.807) is 6.20 Å². The number of benzene rings is 2. The van der Waals surface area contributed by atoms with Crippen LogP contribution in [0.1, 0.15) is 58.8 Å². The van der Waals surface area contributed by atoms with Gasteiger partial charge in [0, 0.05) is 22.2 Å². The van der Waals surface area contributed by atoms with Crippen LogP contribution in [-0.4, -0.2) is 23.2 Å². The topological polar surface area (TPSA) is 48.4 Å². The van der Waals surface area contributed by atoms with Gasteiger partial charge in [0.1, 0.15) is 12.7 Å². The van der Waals surface area contributed by atoms with Gasteiger partial charge >= 0.3 is 5.97 Å². The molecule has 0 N–H and O–H groups in total. The van der Waals surface area contributed by atoms with Gasteiger partial charge in [-0.1, -0.05) is 29.8 Å². The van der Waals surface area contributed by atoms with Crippen LogP contribution in [-0.2, 0) is 14.3 Å². The number of hydrogen-bond donors (Lipinski definition) is 0. The highest BCUT2D eigenvalue weighted by Crippen LogP contribution is 2.40. The van der Waals surface area contributed by atoms with Crippen LogP contribution < -0.4 is 0 Å². The quantitative estimate of drug-likeness (QED) is 0.380. The predicted molar refractivity (Wildman–Crippen MR) is 131 cm³/mol. The van der Waals surface area contributed by atoms with Gasteiger partial charge in [-0.3, -0.25) is 9.78 Å². The number of carbonyl (C=O) groups is 1. The normalized spacial score (nSPS) is 13.2. The molecule has 1 aromatic heterocycles. The van der Waals surface area contributed by atoms with E-state index in [4.69, 9.17) is 26.1 Å². The summed E-state index contributed by atoms with van der Waals surface area (Å²) in [5.41, 5.74) is 3.82. The molecular weight excluding hydrogens is 422 g/mol. The number of esters is 1. The van der Waals surface area contributed by atoms with Crippen LogP contribution in [0.3, 0.4) is 0 Å². The van der Waals surface area contributed by atoms with Gasteiger partial charge in [0.2, 0.25) is 0 Å². The average molecular weight is 454 g/mol. The largest absolute Gasteiger partial charge is 0.462 e. The molecule has 0 aliphatic rings. The van der Waals surface area contributed by atoms with Crippen molar-refractivity contribution >= 4 is 28.5 Å². The Labute approximate surface area is 195 Å². The summed E-state index contributed by atoms with van der Waals surface area (Å²) in [5.74, 6) is -0.260. The van der Waals surface area contributed by atoms with Gasteiger partial charge in [0.25, 0.3) is 0 Å². The third-order valence-corrected chi connectivity index (χ3v) is 5.32. The molecule has 0 aliphatic heterocycles. The number of halogens is 1. The van der Waals surface area contributed by atoms with Crippen molar-refractivity contribution in [2.75, 3.05) is 6.61 Å². The van der Waals surface area contributed by atoms with Crippen molar-refractivity contribution in [1.82, 2.24) is 4.98 Å². The van der Waals surface area contributed by atoms with E-state index in [9.17, 15) is 4.79 Å². The fourth-order valence-corrected chi connectivity index (χ4v) is 3.80. The highest BCUT2D eigenvalue weighted by molar-refractivity contribution is 6.30. The Balaban J connectivity index is 2.21. The lowest BCUT2D eigenvalue weighted by atomic mass is 9.89. The van der Waals surface area contributed by atoms with Crippen LogP contribution in [0.2, 0.25) is 5.02 Å². The molecule has 0 saturated heterocycles. The summed E-state index contributed by atoms with van der Waals surface area (Å²) in [6.45, 7) is 13.7. The first-order valence-electron chi connectivity index (χ1n) is 10.9. The summed E-state index contributed by atoms with van der Waals surface area (Å²) in [7, 11) is 0. The lowest BCUT2D eigenvalue weighted by Gasteiger charge is -2.31. The molecule has 1 atom stereocenters. The zero-order chi connectivity index (χ0) is 23.7. The second kappa shape index (κ2) is 9.21. The van der Waals surface area contributed by atoms with Crippen molar-refractivity contribution in [3.63, 3.8) is 0 Å². The molecule has 4 nitrogen and oxygen atoms in total. The SMILES string of the molecule is Cc1cc2cccnc2c(-c2ccc(Cl)cc2)c1C(COC(=O)C(C)(C)C)OC(C)(C)C. The molecule has 0 aliphatic carbocycles. The van der Waals surface area contributed by atoms with Gasteiger partial charge in [0.05, 0.1) is 16.5 Å². The number of pyridine rings is 1. The number of hydrogen-bond acceptors (Lipinski definition) is 4. The summed E-state index contributed by atoms with van der Waals surface area (Å²) in [4.78, 5) is 17.2. The summed E-state index contributed by atoms with van der Waals surface area (Å²) < 4.78 is 12.2. The van der Waals surface area contributed by atoms with E-state index in [1.165, 1.54) is 0 Å². The summed E-state index contributed by atoms with van der Waals surface area (Å²) in [6, 6.07) is 13.8. The second-order valence-corrected chi connectivity index (χ2v) is 10.6. The van der Waals surface area contributed by atoms with Gasteiger partial charge in [-0.15, -0.1) is 0 Å². The highest BCUT2D eigenvalue weighted by atomic mass is 35.5. The summed E-state index contributed by atoms with van der Waals surface area (Å²) >= 11 is 6.17. The minimum atomic E-state index is -0.592. The first kappa shape index (κ1) is 24.2. The molecule has 32 heavy (non-hydrogen) atoms. The molecule has 5 heteroatoms. The van der Waals surface area contributed by atoms with Gasteiger partial charge in [-0.25, -0.2) is 0 Å². The van der Waals surface area contributed by atoms with E-state index in [0.29, 0.717) is 5.02 Å². The zero-order valence-electron chi connectivity index (χ0n) is 20.0. The maximum atomic E-state index is 12.6. The highest BCUT2D eigenvalue weighted by Gasteiger charge is 2.30. The molecule has 0 saturated carbocycles. The fourth-order valence-electron chi connectivity index (χ4n) is 3.67. The molecular formula is C27H32ClNO3. The molecule has 0 spiro atoms. The van der Waals surface area contributed by atoms with Gasteiger partial charge < -0.3 is 9.47 Å². The number of ether oxygens (including phenoxy) is 2. The Morgan fingerprint density at radius 1 is 1.06 bits per heavy atom. The standard InChI is InChI=1S/C27H32ClNO3/c1-17-15-19-9-8-14-29-24(19)23(18-10-12-20(28)13-11-18)22(17)21(32-27(5,6)7)16-31-25(30)26(2,3)4/h8-15,21H,16H2,1-7H3. The van der Waals surface area contributed by atoms with E-state index in [2.05, 4.69) is 19.1 Å². The molecule has 3 rings (SSSR count). The van der Waals surface area contributed by atoms with Crippen LogP contribution in [0.4, 0.5) is 0 Å². The number of nitrogens with zero attached hydrogens (tertiary/aromatic N) is 1. The third kappa shape index (κ3) is 5.67. The van der Waals surface area contributed by atoms with Gasteiger partial charge in [-0.05, 0) is 89.4 Å². The van der Waals surface area contributed by atoms with Crippen molar-refractivity contribution < 1.29 is 14.3 Å². The first-order chi connectivity index (χ1) is 14.9. The van der Waals surface area contributed by atoms with E-state index in [0.717, 1.165) is 33.2 Å². The number of aromatic nitrogens is 1. The lowest BCUT2D eigenvalue weighted by molar-refractivity contribution is -0.162. The van der Waals surface area contributed by atoms with Crippen LogP contribution in [0, 0.1) is 12.3 Å². The van der Waals surface area contributed by atoms with Crippen molar-refractivity contribution in [2.45, 2.75) is 60.2 Å². The van der Waals surface area contributed by atoms with Crippen LogP contribution in [0.25, 0.3) is 22.0 Å². The van der Waals surface area contributed by atoms with E-state index in [-0.39, 0.29) is 12.6 Å². The minimum absolute atomic E-state index is 0.118. The number of carbonyl (C=O) groups excluding carboxylic acids is 1. The monoisotopic (exact) mass is 453 g/mol. The molecule has 1 unspecified atom stereocenters. The Hall–Kier alpha value is -2.43. The Bertz CT molecular complexity index is 1110. The Kier molecular flexibility index (Phi) is 6.97.